The SMILES string of the molecule is CCC(=O)N1CSCC1C(=O)N[C@@H](Cc1ccccc1)C(=O)O. The second-order valence-corrected chi connectivity index (χ2v) is 6.32. The Morgan fingerprint density at radius 2 is 2.04 bits per heavy atom. The van der Waals surface area contributed by atoms with Crippen molar-refractivity contribution in [2.45, 2.75) is 31.8 Å². The van der Waals surface area contributed by atoms with E-state index in [-0.39, 0.29) is 12.3 Å². The lowest BCUT2D eigenvalue weighted by Crippen LogP contribution is -2.52. The van der Waals surface area contributed by atoms with Gasteiger partial charge in [0.15, 0.2) is 0 Å². The van der Waals surface area contributed by atoms with Gasteiger partial charge in [0.05, 0.1) is 5.88 Å². The Bertz CT molecular complexity index is 579. The van der Waals surface area contributed by atoms with E-state index < -0.39 is 24.0 Å². The van der Waals surface area contributed by atoms with Gasteiger partial charge in [0.2, 0.25) is 11.8 Å². The van der Waals surface area contributed by atoms with Crippen molar-refractivity contribution in [1.82, 2.24) is 10.2 Å². The summed E-state index contributed by atoms with van der Waals surface area (Å²) in [6.45, 7) is 1.75. The van der Waals surface area contributed by atoms with E-state index in [2.05, 4.69) is 5.32 Å². The normalized spacial score (nSPS) is 18.5. The average molecular weight is 336 g/mol. The molecule has 2 rings (SSSR count). The number of amides is 2. The van der Waals surface area contributed by atoms with Gasteiger partial charge in [-0.25, -0.2) is 4.79 Å². The van der Waals surface area contributed by atoms with Crippen molar-refractivity contribution in [3.8, 4) is 0 Å². The van der Waals surface area contributed by atoms with Gasteiger partial charge < -0.3 is 15.3 Å². The summed E-state index contributed by atoms with van der Waals surface area (Å²) in [5.74, 6) is -0.609. The minimum absolute atomic E-state index is 0.0925. The van der Waals surface area contributed by atoms with Gasteiger partial charge in [0.1, 0.15) is 12.1 Å². The van der Waals surface area contributed by atoms with Crippen molar-refractivity contribution in [3.63, 3.8) is 0 Å². The fourth-order valence-corrected chi connectivity index (χ4v) is 3.61. The highest BCUT2D eigenvalue weighted by Crippen LogP contribution is 2.22. The maximum atomic E-state index is 12.4. The van der Waals surface area contributed by atoms with Crippen molar-refractivity contribution < 1.29 is 19.5 Å². The molecule has 1 saturated heterocycles. The quantitative estimate of drug-likeness (QED) is 0.813. The molecular formula is C16H20N2O4S. The van der Waals surface area contributed by atoms with Crippen molar-refractivity contribution >= 4 is 29.5 Å². The Morgan fingerprint density at radius 3 is 2.65 bits per heavy atom. The molecule has 1 aromatic carbocycles. The minimum Gasteiger partial charge on any atom is -0.480 e. The van der Waals surface area contributed by atoms with E-state index in [0.717, 1.165) is 5.56 Å². The van der Waals surface area contributed by atoms with E-state index >= 15 is 0 Å². The number of carboxylic acid groups (broad SMARTS) is 1. The standard InChI is InChI=1S/C16H20N2O4S/c1-2-14(19)18-10-23-9-13(18)15(20)17-12(16(21)22)8-11-6-4-3-5-7-11/h3-7,12-13H,2,8-10H2,1H3,(H,17,20)(H,21,22)/t12-,13?/m0/s1. The molecule has 0 aromatic heterocycles. The van der Waals surface area contributed by atoms with Crippen LogP contribution in [0.3, 0.4) is 0 Å². The number of carbonyl (C=O) groups is 3. The molecule has 124 valence electrons. The van der Waals surface area contributed by atoms with Crippen LogP contribution in [-0.2, 0) is 20.8 Å². The number of nitrogens with one attached hydrogen (secondary N) is 1. The van der Waals surface area contributed by atoms with Crippen LogP contribution in [0.5, 0.6) is 0 Å². The van der Waals surface area contributed by atoms with E-state index in [9.17, 15) is 19.5 Å². The minimum atomic E-state index is -1.08. The Hall–Kier alpha value is -2.02. The first-order chi connectivity index (χ1) is 11.0. The third-order valence-corrected chi connectivity index (χ3v) is 4.72. The summed E-state index contributed by atoms with van der Waals surface area (Å²) in [6.07, 6.45) is 0.542. The smallest absolute Gasteiger partial charge is 0.326 e. The molecule has 0 saturated carbocycles. The molecule has 1 heterocycles. The second-order valence-electron chi connectivity index (χ2n) is 5.32. The van der Waals surface area contributed by atoms with Gasteiger partial charge in [-0.3, -0.25) is 9.59 Å². The molecule has 0 aliphatic carbocycles. The molecule has 0 spiro atoms. The number of carbonyl (C=O) groups excluding carboxylic acids is 2. The van der Waals surface area contributed by atoms with E-state index in [0.29, 0.717) is 18.1 Å². The number of thioether (sulfide) groups is 1. The zero-order valence-electron chi connectivity index (χ0n) is 12.9. The van der Waals surface area contributed by atoms with Crippen LogP contribution < -0.4 is 5.32 Å². The molecule has 1 unspecified atom stereocenters. The van der Waals surface area contributed by atoms with Gasteiger partial charge in [-0.15, -0.1) is 11.8 Å². The fraction of sp³-hybridized carbons (Fsp3) is 0.438. The Labute approximate surface area is 139 Å². The van der Waals surface area contributed by atoms with Gasteiger partial charge in [-0.2, -0.15) is 0 Å². The number of aliphatic carboxylic acids is 1. The van der Waals surface area contributed by atoms with Crippen molar-refractivity contribution in [1.29, 1.82) is 0 Å². The average Bonchev–Trinajstić information content (AvgIpc) is 3.04. The first kappa shape index (κ1) is 17.3. The first-order valence-electron chi connectivity index (χ1n) is 7.47. The molecular weight excluding hydrogens is 316 g/mol. The second kappa shape index (κ2) is 8.01. The predicted molar refractivity (Wildman–Crippen MR) is 88.0 cm³/mol. The number of rotatable bonds is 6. The van der Waals surface area contributed by atoms with Gasteiger partial charge in [0, 0.05) is 18.6 Å². The molecule has 2 atom stereocenters. The fourth-order valence-electron chi connectivity index (χ4n) is 2.43. The number of hydrogen-bond donors (Lipinski definition) is 2. The van der Waals surface area contributed by atoms with Gasteiger partial charge in [0.25, 0.3) is 0 Å². The van der Waals surface area contributed by atoms with Crippen LogP contribution in [-0.4, -0.2) is 51.5 Å². The van der Waals surface area contributed by atoms with Gasteiger partial charge in [-0.05, 0) is 5.56 Å². The zero-order chi connectivity index (χ0) is 16.8. The summed E-state index contributed by atoms with van der Waals surface area (Å²) in [5.41, 5.74) is 0.836. The lowest BCUT2D eigenvalue weighted by molar-refractivity contribution is -0.143. The van der Waals surface area contributed by atoms with Gasteiger partial charge >= 0.3 is 5.97 Å². The van der Waals surface area contributed by atoms with Crippen molar-refractivity contribution in [2.75, 3.05) is 11.6 Å². The number of carboxylic acids is 1. The van der Waals surface area contributed by atoms with Crippen molar-refractivity contribution in [3.05, 3.63) is 35.9 Å². The highest BCUT2D eigenvalue weighted by molar-refractivity contribution is 7.99. The predicted octanol–water partition coefficient (Wildman–Crippen LogP) is 1.11. The third-order valence-electron chi connectivity index (χ3n) is 3.70. The highest BCUT2D eigenvalue weighted by atomic mass is 32.2. The van der Waals surface area contributed by atoms with Crippen LogP contribution in [0, 0.1) is 0 Å². The molecule has 1 aliphatic heterocycles. The summed E-state index contributed by atoms with van der Waals surface area (Å²) in [4.78, 5) is 37.2. The van der Waals surface area contributed by atoms with E-state index in [1.165, 1.54) is 16.7 Å². The monoisotopic (exact) mass is 336 g/mol. The molecule has 1 aliphatic rings. The highest BCUT2D eigenvalue weighted by Gasteiger charge is 2.35. The Morgan fingerprint density at radius 1 is 1.35 bits per heavy atom. The molecule has 23 heavy (non-hydrogen) atoms. The zero-order valence-corrected chi connectivity index (χ0v) is 13.7. The molecule has 0 radical (unpaired) electrons. The maximum absolute atomic E-state index is 12.4. The Balaban J connectivity index is 2.03. The molecule has 2 N–H and O–H groups in total. The van der Waals surface area contributed by atoms with E-state index in [1.54, 1.807) is 6.92 Å². The van der Waals surface area contributed by atoms with E-state index in [4.69, 9.17) is 0 Å². The van der Waals surface area contributed by atoms with Crippen LogP contribution in [0.2, 0.25) is 0 Å². The number of benzene rings is 1. The summed E-state index contributed by atoms with van der Waals surface area (Å²) < 4.78 is 0. The van der Waals surface area contributed by atoms with Crippen LogP contribution >= 0.6 is 11.8 Å². The Kier molecular flexibility index (Phi) is 6.04. The van der Waals surface area contributed by atoms with Gasteiger partial charge in [-0.1, -0.05) is 37.3 Å². The van der Waals surface area contributed by atoms with Crippen LogP contribution in [0.15, 0.2) is 30.3 Å². The summed E-state index contributed by atoms with van der Waals surface area (Å²) in [5, 5.41) is 11.9. The van der Waals surface area contributed by atoms with Crippen LogP contribution in [0.25, 0.3) is 0 Å². The largest absolute Gasteiger partial charge is 0.480 e. The lowest BCUT2D eigenvalue weighted by atomic mass is 10.1. The third kappa shape index (κ3) is 4.48. The number of nitrogens with zero attached hydrogens (tertiary/aromatic N) is 1. The van der Waals surface area contributed by atoms with E-state index in [1.807, 2.05) is 30.3 Å². The van der Waals surface area contributed by atoms with Crippen LogP contribution in [0.1, 0.15) is 18.9 Å². The summed E-state index contributed by atoms with van der Waals surface area (Å²) >= 11 is 1.50. The molecule has 7 heteroatoms. The topological polar surface area (TPSA) is 86.7 Å². The van der Waals surface area contributed by atoms with Crippen molar-refractivity contribution in [2.24, 2.45) is 0 Å². The molecule has 0 bridgehead atoms. The summed E-state index contributed by atoms with van der Waals surface area (Å²) in [7, 11) is 0. The lowest BCUT2D eigenvalue weighted by Gasteiger charge is -2.24. The molecule has 2 amide bonds. The van der Waals surface area contributed by atoms with Crippen LogP contribution in [0.4, 0.5) is 0 Å². The summed E-state index contributed by atoms with van der Waals surface area (Å²) in [6, 6.07) is 7.54. The first-order valence-corrected chi connectivity index (χ1v) is 8.62. The molecule has 6 nitrogen and oxygen atoms in total. The number of hydrogen-bond acceptors (Lipinski definition) is 4. The molecule has 1 fully saturated rings. The maximum Gasteiger partial charge on any atom is 0.326 e. The molecule has 1 aromatic rings.